The molecule has 2 aromatic rings. The number of rotatable bonds is 4. The highest BCUT2D eigenvalue weighted by molar-refractivity contribution is 8.13. The SMILES string of the molecule is CN(C)C(=O)Sc1ccccc1NC(=O)Cc1ccc(C(F)(F)F)cc1. The molecule has 2 rings (SSSR count). The molecule has 0 aromatic heterocycles. The quantitative estimate of drug-likeness (QED) is 0.783. The van der Waals surface area contributed by atoms with Crippen LogP contribution in [0.25, 0.3) is 0 Å². The van der Waals surface area contributed by atoms with Crippen LogP contribution in [0.3, 0.4) is 0 Å². The Hall–Kier alpha value is -2.48. The molecule has 0 heterocycles. The Kier molecular flexibility index (Phi) is 6.31. The van der Waals surface area contributed by atoms with Crippen LogP contribution >= 0.6 is 11.8 Å². The molecule has 0 saturated heterocycles. The zero-order chi connectivity index (χ0) is 19.3. The van der Waals surface area contributed by atoms with E-state index in [9.17, 15) is 22.8 Å². The summed E-state index contributed by atoms with van der Waals surface area (Å²) in [5.74, 6) is -0.380. The van der Waals surface area contributed by atoms with Crippen molar-refractivity contribution in [2.24, 2.45) is 0 Å². The minimum Gasteiger partial charge on any atom is -0.339 e. The molecular formula is C18H17F3N2O2S. The average Bonchev–Trinajstić information content (AvgIpc) is 2.56. The number of hydrogen-bond donors (Lipinski definition) is 1. The van der Waals surface area contributed by atoms with Crippen molar-refractivity contribution in [1.82, 2.24) is 4.90 Å². The molecule has 0 unspecified atom stereocenters. The number of nitrogens with zero attached hydrogens (tertiary/aromatic N) is 1. The Morgan fingerprint density at radius 3 is 2.23 bits per heavy atom. The first-order valence-electron chi connectivity index (χ1n) is 7.61. The third-order valence-corrected chi connectivity index (χ3v) is 4.49. The molecule has 0 aliphatic heterocycles. The lowest BCUT2D eigenvalue weighted by atomic mass is 10.1. The summed E-state index contributed by atoms with van der Waals surface area (Å²) < 4.78 is 37.7. The number of amides is 2. The third kappa shape index (κ3) is 5.52. The molecule has 4 nitrogen and oxygen atoms in total. The van der Waals surface area contributed by atoms with Crippen molar-refractivity contribution in [1.29, 1.82) is 0 Å². The molecular weight excluding hydrogens is 365 g/mol. The number of alkyl halides is 3. The predicted octanol–water partition coefficient (Wildman–Crippen LogP) is 4.66. The van der Waals surface area contributed by atoms with Gasteiger partial charge in [0.1, 0.15) is 0 Å². The molecule has 1 N–H and O–H groups in total. The van der Waals surface area contributed by atoms with E-state index in [1.807, 2.05) is 0 Å². The van der Waals surface area contributed by atoms with E-state index < -0.39 is 11.7 Å². The molecule has 0 radical (unpaired) electrons. The van der Waals surface area contributed by atoms with Gasteiger partial charge in [-0.3, -0.25) is 9.59 Å². The van der Waals surface area contributed by atoms with E-state index in [0.717, 1.165) is 23.9 Å². The summed E-state index contributed by atoms with van der Waals surface area (Å²) in [6.07, 6.45) is -4.48. The van der Waals surface area contributed by atoms with Gasteiger partial charge in [0.15, 0.2) is 0 Å². The standard InChI is InChI=1S/C18H17F3N2O2S/c1-23(2)17(25)26-15-6-4-3-5-14(15)22-16(24)11-12-7-9-13(10-8-12)18(19,20)21/h3-10H,11H2,1-2H3,(H,22,24). The van der Waals surface area contributed by atoms with Crippen LogP contribution in [-0.2, 0) is 17.4 Å². The van der Waals surface area contributed by atoms with Crippen molar-refractivity contribution in [3.05, 3.63) is 59.7 Å². The second-order valence-electron chi connectivity index (χ2n) is 5.68. The number of anilines is 1. The van der Waals surface area contributed by atoms with Crippen LogP contribution in [-0.4, -0.2) is 30.1 Å². The van der Waals surface area contributed by atoms with Crippen LogP contribution in [0.2, 0.25) is 0 Å². The Balaban J connectivity index is 2.05. The van der Waals surface area contributed by atoms with Gasteiger partial charge >= 0.3 is 6.18 Å². The maximum absolute atomic E-state index is 12.6. The summed E-state index contributed by atoms with van der Waals surface area (Å²) in [5.41, 5.74) is 0.181. The fourth-order valence-electron chi connectivity index (χ4n) is 2.04. The molecule has 8 heteroatoms. The molecule has 26 heavy (non-hydrogen) atoms. The molecule has 0 fully saturated rings. The Labute approximate surface area is 153 Å². The first-order valence-corrected chi connectivity index (χ1v) is 8.42. The molecule has 0 spiro atoms. The highest BCUT2D eigenvalue weighted by Gasteiger charge is 2.30. The van der Waals surface area contributed by atoms with Gasteiger partial charge < -0.3 is 10.2 Å². The van der Waals surface area contributed by atoms with E-state index >= 15 is 0 Å². The first-order chi connectivity index (χ1) is 12.2. The lowest BCUT2D eigenvalue weighted by Crippen LogP contribution is -2.18. The van der Waals surface area contributed by atoms with Crippen LogP contribution in [0.5, 0.6) is 0 Å². The number of halogens is 3. The number of nitrogens with one attached hydrogen (secondary N) is 1. The van der Waals surface area contributed by atoms with Gasteiger partial charge in [-0.15, -0.1) is 0 Å². The smallest absolute Gasteiger partial charge is 0.339 e. The Morgan fingerprint density at radius 1 is 1.04 bits per heavy atom. The molecule has 0 saturated carbocycles. The number of hydrogen-bond acceptors (Lipinski definition) is 3. The van der Waals surface area contributed by atoms with Gasteiger partial charge in [-0.05, 0) is 41.6 Å². The number of para-hydroxylation sites is 1. The van der Waals surface area contributed by atoms with Crippen molar-refractivity contribution < 1.29 is 22.8 Å². The van der Waals surface area contributed by atoms with Crippen LogP contribution in [0.4, 0.5) is 23.7 Å². The fourth-order valence-corrected chi connectivity index (χ4v) is 2.78. The number of carbonyl (C=O) groups is 2. The molecule has 0 aliphatic carbocycles. The van der Waals surface area contributed by atoms with Crippen molar-refractivity contribution in [3.63, 3.8) is 0 Å². The molecule has 2 amide bonds. The topological polar surface area (TPSA) is 49.4 Å². The maximum atomic E-state index is 12.6. The van der Waals surface area contributed by atoms with E-state index in [-0.39, 0.29) is 17.6 Å². The molecule has 0 aliphatic rings. The second-order valence-corrected chi connectivity index (χ2v) is 6.67. The largest absolute Gasteiger partial charge is 0.416 e. The van der Waals surface area contributed by atoms with Gasteiger partial charge in [-0.1, -0.05) is 24.3 Å². The van der Waals surface area contributed by atoms with Crippen LogP contribution in [0.15, 0.2) is 53.4 Å². The summed E-state index contributed by atoms with van der Waals surface area (Å²) in [4.78, 5) is 26.0. The summed E-state index contributed by atoms with van der Waals surface area (Å²) in [6.45, 7) is 0. The van der Waals surface area contributed by atoms with Crippen molar-refractivity contribution in [2.45, 2.75) is 17.5 Å². The molecule has 0 atom stereocenters. The summed E-state index contributed by atoms with van der Waals surface area (Å²) in [7, 11) is 3.25. The van der Waals surface area contributed by atoms with Crippen molar-refractivity contribution >= 4 is 28.6 Å². The first kappa shape index (κ1) is 19.8. The Morgan fingerprint density at radius 2 is 1.65 bits per heavy atom. The van der Waals surface area contributed by atoms with Crippen LogP contribution in [0, 0.1) is 0 Å². The lowest BCUT2D eigenvalue weighted by molar-refractivity contribution is -0.137. The van der Waals surface area contributed by atoms with Gasteiger partial charge in [0.25, 0.3) is 5.24 Å². The van der Waals surface area contributed by atoms with Crippen molar-refractivity contribution in [2.75, 3.05) is 19.4 Å². The normalized spacial score (nSPS) is 11.1. The van der Waals surface area contributed by atoms with Gasteiger partial charge in [-0.25, -0.2) is 0 Å². The van der Waals surface area contributed by atoms with Gasteiger partial charge in [0.05, 0.1) is 17.7 Å². The summed E-state index contributed by atoms with van der Waals surface area (Å²) in [6, 6.07) is 11.3. The van der Waals surface area contributed by atoms with Gasteiger partial charge in [-0.2, -0.15) is 13.2 Å². The molecule has 0 bridgehead atoms. The van der Waals surface area contributed by atoms with Crippen LogP contribution < -0.4 is 5.32 Å². The van der Waals surface area contributed by atoms with E-state index in [1.165, 1.54) is 17.0 Å². The monoisotopic (exact) mass is 382 g/mol. The summed E-state index contributed by atoms with van der Waals surface area (Å²) >= 11 is 0.979. The lowest BCUT2D eigenvalue weighted by Gasteiger charge is -2.13. The molecule has 2 aromatic carbocycles. The second kappa shape index (κ2) is 8.27. The number of carbonyl (C=O) groups excluding carboxylic acids is 2. The van der Waals surface area contributed by atoms with Crippen molar-refractivity contribution in [3.8, 4) is 0 Å². The minimum absolute atomic E-state index is 0.0707. The highest BCUT2D eigenvalue weighted by Crippen LogP contribution is 2.30. The predicted molar refractivity (Wildman–Crippen MR) is 95.2 cm³/mol. The maximum Gasteiger partial charge on any atom is 0.416 e. The van der Waals surface area contributed by atoms with E-state index in [4.69, 9.17) is 0 Å². The van der Waals surface area contributed by atoms with E-state index in [1.54, 1.807) is 38.4 Å². The zero-order valence-corrected chi connectivity index (χ0v) is 14.9. The highest BCUT2D eigenvalue weighted by atomic mass is 32.2. The van der Waals surface area contributed by atoms with Gasteiger partial charge in [0, 0.05) is 19.0 Å². The number of benzene rings is 2. The number of thioether (sulfide) groups is 1. The average molecular weight is 382 g/mol. The van der Waals surface area contributed by atoms with Gasteiger partial charge in [0.2, 0.25) is 5.91 Å². The summed E-state index contributed by atoms with van der Waals surface area (Å²) in [5, 5.41) is 2.51. The van der Waals surface area contributed by atoms with E-state index in [0.29, 0.717) is 16.1 Å². The fraction of sp³-hybridized carbons (Fsp3) is 0.222. The molecule has 138 valence electrons. The van der Waals surface area contributed by atoms with Crippen LogP contribution in [0.1, 0.15) is 11.1 Å². The zero-order valence-electron chi connectivity index (χ0n) is 14.1. The Bertz CT molecular complexity index is 790. The van der Waals surface area contributed by atoms with E-state index in [2.05, 4.69) is 5.32 Å². The minimum atomic E-state index is -4.41. The third-order valence-electron chi connectivity index (χ3n) is 3.37.